The van der Waals surface area contributed by atoms with Gasteiger partial charge in [-0.2, -0.15) is 0 Å². The Hall–Kier alpha value is -1.06. The highest BCUT2D eigenvalue weighted by Crippen LogP contribution is 1.94. The lowest BCUT2D eigenvalue weighted by Crippen LogP contribution is -2.03. The highest BCUT2D eigenvalue weighted by atomic mass is 16.5. The zero-order valence-electron chi connectivity index (χ0n) is 5.66. The maximum absolute atomic E-state index is 10.3. The second kappa shape index (κ2) is 4.78. The topological polar surface area (TPSA) is 63.6 Å². The van der Waals surface area contributed by atoms with Gasteiger partial charge in [0, 0.05) is 6.42 Å². The summed E-state index contributed by atoms with van der Waals surface area (Å²) in [7, 11) is 1.25. The number of esters is 1. The molecule has 4 nitrogen and oxygen atoms in total. The molecular formula is C6H9O4. The molecule has 57 valence electrons. The van der Waals surface area contributed by atoms with Crippen molar-refractivity contribution >= 4 is 11.9 Å². The van der Waals surface area contributed by atoms with Gasteiger partial charge in [-0.1, -0.05) is 0 Å². The Bertz CT molecular complexity index is 130. The minimum Gasteiger partial charge on any atom is -0.481 e. The molecule has 1 radical (unpaired) electrons. The number of carbonyl (C=O) groups excluding carboxylic acids is 1. The summed E-state index contributed by atoms with van der Waals surface area (Å²) < 4.78 is 4.24. The summed E-state index contributed by atoms with van der Waals surface area (Å²) in [5, 5.41) is 8.13. The second-order valence-electron chi connectivity index (χ2n) is 1.66. The summed E-state index contributed by atoms with van der Waals surface area (Å²) >= 11 is 0. The minimum atomic E-state index is -0.917. The third-order valence-corrected chi connectivity index (χ3v) is 0.870. The Labute approximate surface area is 58.8 Å². The summed E-state index contributed by atoms with van der Waals surface area (Å²) in [6, 6.07) is 0. The lowest BCUT2D eigenvalue weighted by molar-refractivity contribution is -0.137. The van der Waals surface area contributed by atoms with Crippen LogP contribution in [-0.2, 0) is 14.3 Å². The number of aliphatic carboxylic acids is 1. The first-order valence-corrected chi connectivity index (χ1v) is 2.79. The van der Waals surface area contributed by atoms with Gasteiger partial charge in [-0.05, 0) is 6.42 Å². The molecule has 0 aromatic rings. The molecule has 4 heteroatoms. The summed E-state index contributed by atoms with van der Waals surface area (Å²) in [6.07, 6.45) is 1.39. The normalized spacial score (nSPS) is 8.90. The fraction of sp³-hybridized carbons (Fsp3) is 0.500. The van der Waals surface area contributed by atoms with Gasteiger partial charge < -0.3 is 9.84 Å². The quantitative estimate of drug-likeness (QED) is 0.575. The van der Waals surface area contributed by atoms with E-state index in [2.05, 4.69) is 4.74 Å². The average Bonchev–Trinajstić information content (AvgIpc) is 1.87. The van der Waals surface area contributed by atoms with Gasteiger partial charge in [0.05, 0.1) is 13.5 Å². The summed E-state index contributed by atoms with van der Waals surface area (Å²) in [5.74, 6) is -1.40. The van der Waals surface area contributed by atoms with E-state index in [1.54, 1.807) is 0 Å². The molecule has 0 rings (SSSR count). The Morgan fingerprint density at radius 3 is 2.60 bits per heavy atom. The molecule has 0 heterocycles. The monoisotopic (exact) mass is 145 g/mol. The Morgan fingerprint density at radius 1 is 1.60 bits per heavy atom. The van der Waals surface area contributed by atoms with Crippen LogP contribution in [0.15, 0.2) is 0 Å². The Morgan fingerprint density at radius 2 is 2.20 bits per heavy atom. The van der Waals surface area contributed by atoms with Gasteiger partial charge in [-0.15, -0.1) is 0 Å². The molecule has 0 saturated heterocycles. The van der Waals surface area contributed by atoms with Crippen LogP contribution in [0.2, 0.25) is 0 Å². The van der Waals surface area contributed by atoms with Crippen LogP contribution in [-0.4, -0.2) is 24.2 Å². The van der Waals surface area contributed by atoms with E-state index < -0.39 is 11.9 Å². The Kier molecular flexibility index (Phi) is 4.28. The van der Waals surface area contributed by atoms with Gasteiger partial charge in [-0.25, -0.2) is 0 Å². The molecule has 0 bridgehead atoms. The molecule has 0 aliphatic rings. The predicted octanol–water partition coefficient (Wildman–Crippen LogP) is 0.228. The average molecular weight is 145 g/mol. The van der Waals surface area contributed by atoms with Crippen LogP contribution in [0.1, 0.15) is 12.8 Å². The number of hydrogen-bond donors (Lipinski definition) is 1. The maximum atomic E-state index is 10.3. The van der Waals surface area contributed by atoms with Crippen molar-refractivity contribution in [2.24, 2.45) is 0 Å². The number of hydrogen-bond acceptors (Lipinski definition) is 3. The van der Waals surface area contributed by atoms with Crippen LogP contribution < -0.4 is 0 Å². The molecule has 0 aliphatic carbocycles. The molecule has 0 aromatic heterocycles. The highest BCUT2D eigenvalue weighted by molar-refractivity contribution is 5.79. The first kappa shape index (κ1) is 8.94. The fourth-order valence-corrected chi connectivity index (χ4v) is 0.397. The smallest absolute Gasteiger partial charge is 0.309 e. The standard InChI is InChI=1S/C6H9O4/c1-10-6(9)4-2-3-5(7)8/h4H,2-3H2,1H3,(H,7,8). The van der Waals surface area contributed by atoms with Crippen LogP contribution in [0.3, 0.4) is 0 Å². The highest BCUT2D eigenvalue weighted by Gasteiger charge is 2.02. The molecule has 0 aliphatic heterocycles. The number of carboxylic acids is 1. The van der Waals surface area contributed by atoms with Crippen molar-refractivity contribution in [2.45, 2.75) is 12.8 Å². The first-order chi connectivity index (χ1) is 4.66. The molecule has 0 saturated carbocycles. The van der Waals surface area contributed by atoms with E-state index in [-0.39, 0.29) is 12.8 Å². The van der Waals surface area contributed by atoms with Gasteiger partial charge in [0.2, 0.25) is 0 Å². The van der Waals surface area contributed by atoms with Crippen LogP contribution in [0, 0.1) is 6.42 Å². The van der Waals surface area contributed by atoms with E-state index in [1.165, 1.54) is 13.5 Å². The molecule has 0 spiro atoms. The summed E-state index contributed by atoms with van der Waals surface area (Å²) in [5.41, 5.74) is 0. The predicted molar refractivity (Wildman–Crippen MR) is 33.2 cm³/mol. The van der Waals surface area contributed by atoms with Gasteiger partial charge in [0.1, 0.15) is 0 Å². The number of carbonyl (C=O) groups is 2. The van der Waals surface area contributed by atoms with Gasteiger partial charge in [-0.3, -0.25) is 9.59 Å². The number of carboxylic acid groups (broad SMARTS) is 1. The molecule has 0 amide bonds. The van der Waals surface area contributed by atoms with Crippen molar-refractivity contribution < 1.29 is 19.4 Å². The molecule has 0 fully saturated rings. The van der Waals surface area contributed by atoms with E-state index in [1.807, 2.05) is 0 Å². The third kappa shape index (κ3) is 5.08. The molecule has 1 N–H and O–H groups in total. The number of ether oxygens (including phenoxy) is 1. The Balaban J connectivity index is 3.20. The zero-order valence-corrected chi connectivity index (χ0v) is 5.66. The van der Waals surface area contributed by atoms with Crippen molar-refractivity contribution in [3.8, 4) is 0 Å². The lowest BCUT2D eigenvalue weighted by Gasteiger charge is -1.94. The number of rotatable bonds is 4. The zero-order chi connectivity index (χ0) is 7.98. The first-order valence-electron chi connectivity index (χ1n) is 2.79. The van der Waals surface area contributed by atoms with Crippen molar-refractivity contribution in [2.75, 3.05) is 7.11 Å². The van der Waals surface area contributed by atoms with Gasteiger partial charge >= 0.3 is 11.9 Å². The molecular weight excluding hydrogens is 136 g/mol. The van der Waals surface area contributed by atoms with Crippen LogP contribution in [0.5, 0.6) is 0 Å². The second-order valence-corrected chi connectivity index (χ2v) is 1.66. The molecule has 0 atom stereocenters. The van der Waals surface area contributed by atoms with E-state index >= 15 is 0 Å². The number of methoxy groups -OCH3 is 1. The largest absolute Gasteiger partial charge is 0.481 e. The van der Waals surface area contributed by atoms with E-state index in [4.69, 9.17) is 5.11 Å². The van der Waals surface area contributed by atoms with Crippen LogP contribution in [0.25, 0.3) is 0 Å². The minimum absolute atomic E-state index is 0.0326. The fourth-order valence-electron chi connectivity index (χ4n) is 0.397. The van der Waals surface area contributed by atoms with E-state index in [9.17, 15) is 9.59 Å². The van der Waals surface area contributed by atoms with Crippen molar-refractivity contribution in [1.82, 2.24) is 0 Å². The maximum Gasteiger partial charge on any atom is 0.309 e. The van der Waals surface area contributed by atoms with Gasteiger partial charge in [0.15, 0.2) is 0 Å². The van der Waals surface area contributed by atoms with E-state index in [0.717, 1.165) is 0 Å². The van der Waals surface area contributed by atoms with E-state index in [0.29, 0.717) is 0 Å². The lowest BCUT2D eigenvalue weighted by atomic mass is 10.2. The van der Waals surface area contributed by atoms with Crippen LogP contribution >= 0.6 is 0 Å². The molecule has 0 aromatic carbocycles. The SMILES string of the molecule is COC(=O)[CH]CCC(=O)O. The van der Waals surface area contributed by atoms with Crippen LogP contribution in [0.4, 0.5) is 0 Å². The van der Waals surface area contributed by atoms with Gasteiger partial charge in [0.25, 0.3) is 0 Å². The summed E-state index contributed by atoms with van der Waals surface area (Å²) in [4.78, 5) is 20.2. The molecule has 10 heavy (non-hydrogen) atoms. The van der Waals surface area contributed by atoms with Crippen molar-refractivity contribution in [1.29, 1.82) is 0 Å². The third-order valence-electron chi connectivity index (χ3n) is 0.870. The van der Waals surface area contributed by atoms with Crippen molar-refractivity contribution in [3.63, 3.8) is 0 Å². The van der Waals surface area contributed by atoms with Crippen molar-refractivity contribution in [3.05, 3.63) is 6.42 Å². The molecule has 0 unspecified atom stereocenters. The summed E-state index contributed by atoms with van der Waals surface area (Å²) in [6.45, 7) is 0.